The predicted octanol–water partition coefficient (Wildman–Crippen LogP) is 6.37. The van der Waals surface area contributed by atoms with Crippen LogP contribution in [0.4, 0.5) is 0 Å². The van der Waals surface area contributed by atoms with Gasteiger partial charge < -0.3 is 28.8 Å². The summed E-state index contributed by atoms with van der Waals surface area (Å²) in [6.45, 7) is 6.53. The van der Waals surface area contributed by atoms with E-state index >= 15 is 0 Å². The molecule has 1 N–H and O–H groups in total. The molecular weight excluding hydrogens is 472 g/mol. The lowest BCUT2D eigenvalue weighted by atomic mass is 9.90. The molecule has 196 valence electrons. The Morgan fingerprint density at radius 3 is 2.41 bits per heavy atom. The molecule has 7 nitrogen and oxygen atoms in total. The summed E-state index contributed by atoms with van der Waals surface area (Å²) >= 11 is 0. The number of carboxylic acid groups (broad SMARTS) is 1. The quantitative estimate of drug-likeness (QED) is 0.361. The van der Waals surface area contributed by atoms with Gasteiger partial charge in [-0.2, -0.15) is 0 Å². The summed E-state index contributed by atoms with van der Waals surface area (Å²) in [7, 11) is 1.58. The zero-order chi connectivity index (χ0) is 26.4. The zero-order valence-electron chi connectivity index (χ0n) is 21.8. The van der Waals surface area contributed by atoms with Crippen LogP contribution >= 0.6 is 0 Å². The Hall–Kier alpha value is -3.87. The molecule has 3 aromatic rings. The number of methoxy groups -OCH3 is 1. The van der Waals surface area contributed by atoms with Crippen LogP contribution in [0.1, 0.15) is 67.7 Å². The van der Waals surface area contributed by atoms with Crippen LogP contribution in [0.5, 0.6) is 28.7 Å². The van der Waals surface area contributed by atoms with Gasteiger partial charge in [-0.05, 0) is 59.9 Å². The monoisotopic (exact) mass is 506 g/mol. The fourth-order valence-electron chi connectivity index (χ4n) is 4.91. The second-order valence-corrected chi connectivity index (χ2v) is 8.68. The average Bonchev–Trinajstić information content (AvgIpc) is 3.55. The number of carbonyl (C=O) groups is 1. The molecule has 0 fully saturated rings. The second kappa shape index (κ2) is 11.9. The lowest BCUT2D eigenvalue weighted by molar-refractivity contribution is -0.139. The highest BCUT2D eigenvalue weighted by molar-refractivity contribution is 5.68. The van der Waals surface area contributed by atoms with E-state index < -0.39 is 12.6 Å². The molecule has 1 aliphatic carbocycles. The minimum atomic E-state index is -1.03. The summed E-state index contributed by atoms with van der Waals surface area (Å²) in [5.41, 5.74) is 4.41. The third kappa shape index (κ3) is 5.61. The van der Waals surface area contributed by atoms with E-state index in [0.717, 1.165) is 46.8 Å². The number of carboxylic acids is 1. The van der Waals surface area contributed by atoms with Crippen LogP contribution in [0, 0.1) is 0 Å². The van der Waals surface area contributed by atoms with Gasteiger partial charge in [0.2, 0.25) is 6.79 Å². The maximum absolute atomic E-state index is 11.2. The Morgan fingerprint density at radius 2 is 1.65 bits per heavy atom. The largest absolute Gasteiger partial charge is 0.497 e. The number of rotatable bonds is 9. The highest BCUT2D eigenvalue weighted by atomic mass is 16.7. The Bertz CT molecular complexity index is 1240. The Kier molecular flexibility index (Phi) is 8.43. The molecule has 1 heterocycles. The highest BCUT2D eigenvalue weighted by Crippen LogP contribution is 2.52. The first-order chi connectivity index (χ1) is 18.1. The van der Waals surface area contributed by atoms with Gasteiger partial charge in [0.1, 0.15) is 17.2 Å². The fraction of sp³-hybridized carbons (Fsp3) is 0.367. The summed E-state index contributed by atoms with van der Waals surface area (Å²) in [4.78, 5) is 11.2. The van der Waals surface area contributed by atoms with E-state index in [1.165, 1.54) is 5.56 Å². The van der Waals surface area contributed by atoms with Gasteiger partial charge in [0.15, 0.2) is 18.1 Å². The van der Waals surface area contributed by atoms with Crippen molar-refractivity contribution in [3.63, 3.8) is 0 Å². The van der Waals surface area contributed by atoms with E-state index in [4.69, 9.17) is 23.7 Å². The number of aliphatic carboxylic acids is 1. The van der Waals surface area contributed by atoms with E-state index in [1.54, 1.807) is 13.2 Å². The van der Waals surface area contributed by atoms with Gasteiger partial charge in [0, 0.05) is 23.5 Å². The van der Waals surface area contributed by atoms with Crippen molar-refractivity contribution in [2.45, 2.75) is 45.4 Å². The predicted molar refractivity (Wildman–Crippen MR) is 141 cm³/mol. The van der Waals surface area contributed by atoms with E-state index in [9.17, 15) is 9.90 Å². The van der Waals surface area contributed by atoms with Crippen molar-refractivity contribution in [3.8, 4) is 28.7 Å². The average molecular weight is 507 g/mol. The van der Waals surface area contributed by atoms with Gasteiger partial charge in [0.05, 0.1) is 13.7 Å². The standard InChI is InChI=1S/C28H28O7.C2H6/c1-3-10-32-19-6-7-20-22(17-4-9-25-27(11-17)35-16-34-25)14-24(23(20)12-19)21-8-5-18(31-2)13-26(21)33-15-28(29)30;1-2/h4-9,11-13,22,24H,3,10,14-16H2,1-2H3,(H,29,30);1-2H3. The van der Waals surface area contributed by atoms with E-state index in [1.807, 2.05) is 38.1 Å². The van der Waals surface area contributed by atoms with Gasteiger partial charge in [-0.1, -0.05) is 39.0 Å². The highest BCUT2D eigenvalue weighted by Gasteiger charge is 2.35. The third-order valence-corrected chi connectivity index (χ3v) is 6.50. The first-order valence-corrected chi connectivity index (χ1v) is 12.8. The molecule has 37 heavy (non-hydrogen) atoms. The van der Waals surface area contributed by atoms with Crippen molar-refractivity contribution >= 4 is 5.97 Å². The van der Waals surface area contributed by atoms with E-state index in [2.05, 4.69) is 31.2 Å². The molecule has 0 radical (unpaired) electrons. The Labute approximate surface area is 217 Å². The molecule has 1 aliphatic heterocycles. The summed E-state index contributed by atoms with van der Waals surface area (Å²) < 4.78 is 28.2. The molecule has 7 heteroatoms. The fourth-order valence-corrected chi connectivity index (χ4v) is 4.91. The maximum Gasteiger partial charge on any atom is 0.341 e. The molecule has 0 amide bonds. The van der Waals surface area contributed by atoms with Crippen LogP contribution in [0.3, 0.4) is 0 Å². The second-order valence-electron chi connectivity index (χ2n) is 8.68. The van der Waals surface area contributed by atoms with Crippen LogP contribution in [0.2, 0.25) is 0 Å². The normalized spacial score (nSPS) is 16.9. The number of hydrogen-bond acceptors (Lipinski definition) is 6. The molecule has 3 aromatic carbocycles. The van der Waals surface area contributed by atoms with E-state index in [0.29, 0.717) is 18.1 Å². The van der Waals surface area contributed by atoms with Crippen LogP contribution in [-0.2, 0) is 4.79 Å². The lowest BCUT2D eigenvalue weighted by Crippen LogP contribution is -2.12. The summed E-state index contributed by atoms with van der Waals surface area (Å²) in [5, 5.41) is 9.21. The number of fused-ring (bicyclic) bond motifs is 2. The molecule has 0 bridgehead atoms. The maximum atomic E-state index is 11.2. The van der Waals surface area contributed by atoms with Gasteiger partial charge in [-0.3, -0.25) is 0 Å². The van der Waals surface area contributed by atoms with Crippen molar-refractivity contribution in [1.29, 1.82) is 0 Å². The molecule has 5 rings (SSSR count). The Balaban J connectivity index is 0.00000156. The van der Waals surface area contributed by atoms with Gasteiger partial charge in [-0.15, -0.1) is 0 Å². The van der Waals surface area contributed by atoms with E-state index in [-0.39, 0.29) is 18.6 Å². The number of ether oxygens (including phenoxy) is 5. The summed E-state index contributed by atoms with van der Waals surface area (Å²) in [6, 6.07) is 18.0. The van der Waals surface area contributed by atoms with Crippen molar-refractivity contribution in [2.24, 2.45) is 0 Å². The first kappa shape index (κ1) is 26.2. The van der Waals surface area contributed by atoms with Gasteiger partial charge in [0.25, 0.3) is 0 Å². The molecule has 0 saturated heterocycles. The van der Waals surface area contributed by atoms with Gasteiger partial charge >= 0.3 is 5.97 Å². The van der Waals surface area contributed by atoms with Crippen LogP contribution in [-0.4, -0.2) is 38.2 Å². The van der Waals surface area contributed by atoms with Crippen molar-refractivity contribution in [1.82, 2.24) is 0 Å². The summed E-state index contributed by atoms with van der Waals surface area (Å²) in [6.07, 6.45) is 1.72. The Morgan fingerprint density at radius 1 is 0.892 bits per heavy atom. The zero-order valence-corrected chi connectivity index (χ0v) is 21.8. The third-order valence-electron chi connectivity index (χ3n) is 6.50. The van der Waals surface area contributed by atoms with Crippen LogP contribution in [0.25, 0.3) is 0 Å². The topological polar surface area (TPSA) is 83.5 Å². The van der Waals surface area contributed by atoms with Crippen molar-refractivity contribution in [3.05, 3.63) is 76.9 Å². The SMILES string of the molecule is CC.CCCOc1ccc2c(c1)C(c1ccc(OC)cc1OCC(=O)O)CC2c1ccc2c(c1)OCO2. The molecule has 0 spiro atoms. The summed E-state index contributed by atoms with van der Waals surface area (Å²) in [5.74, 6) is 2.53. The molecular formula is C30H34O7. The molecule has 0 saturated carbocycles. The molecule has 2 unspecified atom stereocenters. The molecule has 2 atom stereocenters. The van der Waals surface area contributed by atoms with Crippen molar-refractivity contribution in [2.75, 3.05) is 27.1 Å². The van der Waals surface area contributed by atoms with Crippen LogP contribution < -0.4 is 23.7 Å². The minimum absolute atomic E-state index is 0.0136. The smallest absolute Gasteiger partial charge is 0.341 e. The van der Waals surface area contributed by atoms with Crippen molar-refractivity contribution < 1.29 is 33.6 Å². The number of hydrogen-bond donors (Lipinski definition) is 1. The number of benzene rings is 3. The minimum Gasteiger partial charge on any atom is -0.497 e. The van der Waals surface area contributed by atoms with Gasteiger partial charge in [-0.25, -0.2) is 4.79 Å². The molecule has 2 aliphatic rings. The first-order valence-electron chi connectivity index (χ1n) is 12.8. The molecule has 0 aromatic heterocycles. The lowest BCUT2D eigenvalue weighted by Gasteiger charge is -2.19. The van der Waals surface area contributed by atoms with Crippen LogP contribution in [0.15, 0.2) is 54.6 Å².